The van der Waals surface area contributed by atoms with Gasteiger partial charge in [0.25, 0.3) is 0 Å². The smallest absolute Gasteiger partial charge is 0.150 e. The Morgan fingerprint density at radius 1 is 1.25 bits per heavy atom. The minimum absolute atomic E-state index is 0.208. The van der Waals surface area contributed by atoms with E-state index in [9.17, 15) is 8.42 Å². The maximum Gasteiger partial charge on any atom is 0.150 e. The largest absolute Gasteiger partial charge is 0.381 e. The first-order chi connectivity index (χ1) is 9.62. The molecule has 0 bridgehead atoms. The van der Waals surface area contributed by atoms with Crippen LogP contribution in [0.3, 0.4) is 0 Å². The van der Waals surface area contributed by atoms with Crippen molar-refractivity contribution in [3.05, 3.63) is 37.1 Å². The summed E-state index contributed by atoms with van der Waals surface area (Å²) in [5.74, 6) is 1.34. The van der Waals surface area contributed by atoms with Crippen molar-refractivity contribution in [2.24, 2.45) is 0 Å². The molecule has 1 N–H and O–H groups in total. The van der Waals surface area contributed by atoms with Gasteiger partial charge >= 0.3 is 0 Å². The minimum atomic E-state index is -2.81. The maximum absolute atomic E-state index is 11.4. The molecule has 6 nitrogen and oxygen atoms in total. The second-order valence-corrected chi connectivity index (χ2v) is 7.25. The lowest BCUT2D eigenvalue weighted by atomic mass is 10.1. The summed E-state index contributed by atoms with van der Waals surface area (Å²) >= 11 is 0. The molecule has 20 heavy (non-hydrogen) atoms. The molecule has 2 aromatic rings. The van der Waals surface area contributed by atoms with Crippen LogP contribution in [0.25, 0.3) is 5.82 Å². The second kappa shape index (κ2) is 5.24. The highest BCUT2D eigenvalue weighted by Gasteiger charge is 2.23. The summed E-state index contributed by atoms with van der Waals surface area (Å²) in [5, 5.41) is 3.34. The van der Waals surface area contributed by atoms with E-state index in [-0.39, 0.29) is 17.5 Å². The van der Waals surface area contributed by atoms with E-state index < -0.39 is 9.84 Å². The number of anilines is 1. The van der Waals surface area contributed by atoms with E-state index in [1.54, 1.807) is 18.7 Å². The molecule has 0 aliphatic carbocycles. The van der Waals surface area contributed by atoms with Crippen LogP contribution in [0.5, 0.6) is 0 Å². The third kappa shape index (κ3) is 2.98. The van der Waals surface area contributed by atoms with Crippen molar-refractivity contribution in [3.63, 3.8) is 0 Å². The lowest BCUT2D eigenvalue weighted by Gasteiger charge is -2.23. The first kappa shape index (κ1) is 13.1. The minimum Gasteiger partial charge on any atom is -0.381 e. The van der Waals surface area contributed by atoms with Gasteiger partial charge in [-0.05, 0) is 25.0 Å². The predicted molar refractivity (Wildman–Crippen MR) is 76.7 cm³/mol. The Bertz CT molecular complexity index is 651. The fraction of sp³-hybridized carbons (Fsp3) is 0.385. The Morgan fingerprint density at radius 2 is 2.05 bits per heavy atom. The maximum atomic E-state index is 11.4. The molecule has 3 heterocycles. The normalized spacial score (nSPS) is 18.8. The van der Waals surface area contributed by atoms with Crippen molar-refractivity contribution < 1.29 is 8.42 Å². The zero-order valence-corrected chi connectivity index (χ0v) is 11.8. The van der Waals surface area contributed by atoms with Crippen LogP contribution in [0, 0.1) is 0 Å². The van der Waals surface area contributed by atoms with Gasteiger partial charge in [-0.25, -0.2) is 18.4 Å². The van der Waals surface area contributed by atoms with Crippen LogP contribution in [0.2, 0.25) is 0 Å². The summed E-state index contributed by atoms with van der Waals surface area (Å²) in [5.41, 5.74) is 0.915. The quantitative estimate of drug-likeness (QED) is 0.921. The summed E-state index contributed by atoms with van der Waals surface area (Å²) in [6, 6.07) is 4.06. The molecule has 1 saturated heterocycles. The number of sulfone groups is 1. The van der Waals surface area contributed by atoms with Crippen molar-refractivity contribution in [2.45, 2.75) is 18.9 Å². The highest BCUT2D eigenvalue weighted by molar-refractivity contribution is 7.91. The zero-order chi connectivity index (χ0) is 14.0. The molecule has 0 aromatic carbocycles. The Balaban J connectivity index is 1.64. The van der Waals surface area contributed by atoms with Gasteiger partial charge in [-0.2, -0.15) is 0 Å². The van der Waals surface area contributed by atoms with Gasteiger partial charge < -0.3 is 5.32 Å². The van der Waals surface area contributed by atoms with Gasteiger partial charge in [0.15, 0.2) is 0 Å². The van der Waals surface area contributed by atoms with Crippen molar-refractivity contribution in [1.29, 1.82) is 0 Å². The molecule has 7 heteroatoms. The van der Waals surface area contributed by atoms with E-state index in [1.807, 2.05) is 22.9 Å². The van der Waals surface area contributed by atoms with Crippen LogP contribution in [-0.4, -0.2) is 40.5 Å². The molecule has 0 amide bonds. The van der Waals surface area contributed by atoms with E-state index >= 15 is 0 Å². The van der Waals surface area contributed by atoms with Crippen molar-refractivity contribution in [2.75, 3.05) is 16.8 Å². The monoisotopic (exact) mass is 292 g/mol. The number of pyridine rings is 1. The van der Waals surface area contributed by atoms with Gasteiger partial charge in [-0.3, -0.25) is 4.57 Å². The summed E-state index contributed by atoms with van der Waals surface area (Å²) < 4.78 is 24.6. The van der Waals surface area contributed by atoms with E-state index in [2.05, 4.69) is 15.3 Å². The van der Waals surface area contributed by atoms with Crippen molar-refractivity contribution >= 4 is 15.5 Å². The molecule has 1 aliphatic rings. The van der Waals surface area contributed by atoms with Gasteiger partial charge in [-0.1, -0.05) is 0 Å². The summed E-state index contributed by atoms with van der Waals surface area (Å²) in [6.45, 7) is 0. The Kier molecular flexibility index (Phi) is 3.43. The molecule has 1 aliphatic heterocycles. The lowest BCUT2D eigenvalue weighted by molar-refractivity contribution is 0.559. The van der Waals surface area contributed by atoms with Gasteiger partial charge in [-0.15, -0.1) is 0 Å². The summed E-state index contributed by atoms with van der Waals surface area (Å²) in [6.07, 6.45) is 8.31. The first-order valence-corrected chi connectivity index (χ1v) is 8.36. The fourth-order valence-electron chi connectivity index (χ4n) is 2.29. The number of nitrogens with one attached hydrogen (secondary N) is 1. The van der Waals surface area contributed by atoms with Gasteiger partial charge in [0.1, 0.15) is 22.0 Å². The molecule has 3 rings (SSSR count). The standard InChI is InChI=1S/C13H16N4O2S/c18-20(19)7-3-11(4-8-20)16-12-1-2-13(15-9-12)17-6-5-14-10-17/h1-2,5-6,9-11,16H,3-4,7-8H2. The van der Waals surface area contributed by atoms with Crippen LogP contribution in [0.15, 0.2) is 37.1 Å². The van der Waals surface area contributed by atoms with Crippen LogP contribution in [0.4, 0.5) is 5.69 Å². The number of rotatable bonds is 3. The van der Waals surface area contributed by atoms with Crippen LogP contribution in [-0.2, 0) is 9.84 Å². The number of nitrogens with zero attached hydrogens (tertiary/aromatic N) is 3. The molecule has 0 saturated carbocycles. The van der Waals surface area contributed by atoms with Gasteiger partial charge in [0.05, 0.1) is 23.4 Å². The van der Waals surface area contributed by atoms with Gasteiger partial charge in [0.2, 0.25) is 0 Å². The lowest BCUT2D eigenvalue weighted by Crippen LogP contribution is -2.32. The number of imidazole rings is 1. The zero-order valence-electron chi connectivity index (χ0n) is 10.9. The average Bonchev–Trinajstić information content (AvgIpc) is 2.96. The van der Waals surface area contributed by atoms with Crippen molar-refractivity contribution in [3.8, 4) is 5.82 Å². The summed E-state index contributed by atoms with van der Waals surface area (Å²) in [7, 11) is -2.81. The topological polar surface area (TPSA) is 76.9 Å². The average molecular weight is 292 g/mol. The van der Waals surface area contributed by atoms with Crippen LogP contribution < -0.4 is 5.32 Å². The molecule has 0 spiro atoms. The summed E-state index contributed by atoms with van der Waals surface area (Å²) in [4.78, 5) is 8.34. The van der Waals surface area contributed by atoms with E-state index in [0.29, 0.717) is 12.8 Å². The molecule has 0 atom stereocenters. The molecule has 106 valence electrons. The van der Waals surface area contributed by atoms with Gasteiger partial charge in [0, 0.05) is 18.4 Å². The highest BCUT2D eigenvalue weighted by atomic mass is 32.2. The molecular weight excluding hydrogens is 276 g/mol. The third-order valence-corrected chi connectivity index (χ3v) is 5.16. The molecule has 0 radical (unpaired) electrons. The SMILES string of the molecule is O=S1(=O)CCC(Nc2ccc(-n3ccnc3)nc2)CC1. The molecule has 0 unspecified atom stereocenters. The predicted octanol–water partition coefficient (Wildman–Crippen LogP) is 1.26. The number of aromatic nitrogens is 3. The first-order valence-electron chi connectivity index (χ1n) is 6.54. The Morgan fingerprint density at radius 3 is 2.65 bits per heavy atom. The number of hydrogen-bond acceptors (Lipinski definition) is 5. The molecule has 1 fully saturated rings. The Hall–Kier alpha value is -1.89. The fourth-order valence-corrected chi connectivity index (χ4v) is 3.78. The third-order valence-electron chi connectivity index (χ3n) is 3.44. The number of hydrogen-bond donors (Lipinski definition) is 1. The highest BCUT2D eigenvalue weighted by Crippen LogP contribution is 2.18. The van der Waals surface area contributed by atoms with Crippen LogP contribution >= 0.6 is 0 Å². The van der Waals surface area contributed by atoms with E-state index in [4.69, 9.17) is 0 Å². The molecular formula is C13H16N4O2S. The van der Waals surface area contributed by atoms with E-state index in [0.717, 1.165) is 11.5 Å². The van der Waals surface area contributed by atoms with E-state index in [1.165, 1.54) is 0 Å². The molecule has 2 aromatic heterocycles. The van der Waals surface area contributed by atoms with Crippen LogP contribution in [0.1, 0.15) is 12.8 Å². The Labute approximate surface area is 117 Å². The van der Waals surface area contributed by atoms with Crippen molar-refractivity contribution in [1.82, 2.24) is 14.5 Å². The second-order valence-electron chi connectivity index (χ2n) is 4.95.